The molecule has 1 aliphatic heterocycles. The van der Waals surface area contributed by atoms with Gasteiger partial charge in [-0.15, -0.1) is 0 Å². The van der Waals surface area contributed by atoms with Crippen LogP contribution in [0.4, 0.5) is 0 Å². The number of hydrogen-bond acceptors (Lipinski definition) is 5. The summed E-state index contributed by atoms with van der Waals surface area (Å²) in [5.74, 6) is 0.113. The molecule has 3 aromatic heterocycles. The Bertz CT molecular complexity index is 789. The zero-order valence-electron chi connectivity index (χ0n) is 11.5. The van der Waals surface area contributed by atoms with Crippen molar-refractivity contribution < 1.29 is 9.21 Å². The van der Waals surface area contributed by atoms with Gasteiger partial charge in [-0.05, 0) is 51.3 Å². The minimum absolute atomic E-state index is 0.0706. The number of hydrazone groups is 1. The maximum absolute atomic E-state index is 12.7. The molecule has 1 unspecified atom stereocenters. The van der Waals surface area contributed by atoms with E-state index in [1.807, 2.05) is 22.9 Å². The molecule has 0 N–H and O–H groups in total. The molecule has 1 atom stereocenters. The molecule has 0 aliphatic carbocycles. The van der Waals surface area contributed by atoms with Gasteiger partial charge in [-0.2, -0.15) is 27.8 Å². The summed E-state index contributed by atoms with van der Waals surface area (Å²) in [7, 11) is 0. The average Bonchev–Trinajstić information content (AvgIpc) is 3.35. The van der Waals surface area contributed by atoms with Crippen LogP contribution in [-0.2, 0) is 0 Å². The zero-order chi connectivity index (χ0) is 14.9. The summed E-state index contributed by atoms with van der Waals surface area (Å²) in [5.41, 5.74) is 3.14. The maximum atomic E-state index is 12.7. The SMILES string of the molecule is O=C(c1ccco1)N1N=C(c2ccsc2)CC1c1ccsc1. The second-order valence-corrected chi connectivity index (χ2v) is 6.52. The van der Waals surface area contributed by atoms with Crippen molar-refractivity contribution in [2.75, 3.05) is 0 Å². The quantitative estimate of drug-likeness (QED) is 0.715. The second kappa shape index (κ2) is 5.55. The molecule has 0 fully saturated rings. The standard InChI is InChI=1S/C16H12N2O2S2/c19-16(15-2-1-5-20-15)18-14(12-4-7-22-10-12)8-13(17-18)11-3-6-21-9-11/h1-7,9-10,14H,8H2. The largest absolute Gasteiger partial charge is 0.459 e. The van der Waals surface area contributed by atoms with E-state index in [9.17, 15) is 4.79 Å². The molecule has 0 bridgehead atoms. The molecule has 4 rings (SSSR count). The van der Waals surface area contributed by atoms with Gasteiger partial charge in [0.15, 0.2) is 5.76 Å². The summed E-state index contributed by atoms with van der Waals surface area (Å²) in [6.07, 6.45) is 2.23. The van der Waals surface area contributed by atoms with Crippen LogP contribution in [0.1, 0.15) is 34.1 Å². The number of rotatable bonds is 3. The second-order valence-electron chi connectivity index (χ2n) is 4.96. The fourth-order valence-electron chi connectivity index (χ4n) is 2.54. The van der Waals surface area contributed by atoms with Crippen LogP contribution in [0.15, 0.2) is 61.6 Å². The minimum Gasteiger partial charge on any atom is -0.459 e. The summed E-state index contributed by atoms with van der Waals surface area (Å²) in [6, 6.07) is 7.40. The first-order valence-electron chi connectivity index (χ1n) is 6.82. The molecular formula is C16H12N2O2S2. The van der Waals surface area contributed by atoms with Gasteiger partial charge >= 0.3 is 5.91 Å². The number of amides is 1. The summed E-state index contributed by atoms with van der Waals surface area (Å²) in [5, 5.41) is 14.3. The van der Waals surface area contributed by atoms with Crippen molar-refractivity contribution in [3.63, 3.8) is 0 Å². The predicted molar refractivity (Wildman–Crippen MR) is 87.4 cm³/mol. The van der Waals surface area contributed by atoms with Crippen LogP contribution in [-0.4, -0.2) is 16.6 Å². The van der Waals surface area contributed by atoms with E-state index < -0.39 is 0 Å². The zero-order valence-corrected chi connectivity index (χ0v) is 13.1. The van der Waals surface area contributed by atoms with E-state index in [4.69, 9.17) is 4.42 Å². The number of thiophene rings is 2. The Hall–Kier alpha value is -2.18. The summed E-state index contributed by atoms with van der Waals surface area (Å²) >= 11 is 3.26. The molecule has 4 nitrogen and oxygen atoms in total. The van der Waals surface area contributed by atoms with Crippen molar-refractivity contribution >= 4 is 34.3 Å². The smallest absolute Gasteiger partial charge is 0.310 e. The van der Waals surface area contributed by atoms with Crippen molar-refractivity contribution in [1.82, 2.24) is 5.01 Å². The van der Waals surface area contributed by atoms with Gasteiger partial charge in [0.2, 0.25) is 0 Å². The van der Waals surface area contributed by atoms with Gasteiger partial charge < -0.3 is 4.42 Å². The Labute approximate surface area is 135 Å². The molecule has 0 aromatic carbocycles. The Kier molecular flexibility index (Phi) is 3.40. The summed E-state index contributed by atoms with van der Waals surface area (Å²) in [6.45, 7) is 0. The van der Waals surface area contributed by atoms with E-state index in [1.54, 1.807) is 39.8 Å². The normalized spacial score (nSPS) is 17.7. The van der Waals surface area contributed by atoms with Crippen molar-refractivity contribution in [3.8, 4) is 0 Å². The highest BCUT2D eigenvalue weighted by Gasteiger charge is 2.34. The molecule has 110 valence electrons. The summed E-state index contributed by atoms with van der Waals surface area (Å²) < 4.78 is 5.24. The molecule has 0 radical (unpaired) electrons. The first-order valence-corrected chi connectivity index (χ1v) is 8.70. The first kappa shape index (κ1) is 13.5. The number of nitrogens with zero attached hydrogens (tertiary/aromatic N) is 2. The number of furan rings is 1. The highest BCUT2D eigenvalue weighted by molar-refractivity contribution is 7.08. The molecule has 3 aromatic rings. The van der Waals surface area contributed by atoms with Gasteiger partial charge in [-0.1, -0.05) is 0 Å². The maximum Gasteiger partial charge on any atom is 0.310 e. The lowest BCUT2D eigenvalue weighted by atomic mass is 10.0. The Balaban J connectivity index is 1.71. The van der Waals surface area contributed by atoms with E-state index in [1.165, 1.54) is 6.26 Å². The monoisotopic (exact) mass is 328 g/mol. The molecule has 1 amide bonds. The van der Waals surface area contributed by atoms with Crippen LogP contribution in [0, 0.1) is 0 Å². The lowest BCUT2D eigenvalue weighted by Crippen LogP contribution is -2.26. The van der Waals surface area contributed by atoms with Crippen LogP contribution in [0.2, 0.25) is 0 Å². The van der Waals surface area contributed by atoms with E-state index in [2.05, 4.69) is 15.9 Å². The molecule has 4 heterocycles. The van der Waals surface area contributed by atoms with E-state index in [0.717, 1.165) is 23.3 Å². The van der Waals surface area contributed by atoms with Gasteiger partial charge in [0.05, 0.1) is 18.0 Å². The van der Waals surface area contributed by atoms with Crippen molar-refractivity contribution in [2.45, 2.75) is 12.5 Å². The third kappa shape index (κ3) is 2.30. The molecule has 6 heteroatoms. The average molecular weight is 328 g/mol. The molecular weight excluding hydrogens is 316 g/mol. The van der Waals surface area contributed by atoms with Gasteiger partial charge in [-0.3, -0.25) is 4.79 Å². The number of hydrogen-bond donors (Lipinski definition) is 0. The van der Waals surface area contributed by atoms with Gasteiger partial charge in [0.1, 0.15) is 0 Å². The third-order valence-electron chi connectivity index (χ3n) is 3.63. The topological polar surface area (TPSA) is 45.8 Å². The lowest BCUT2D eigenvalue weighted by Gasteiger charge is -2.19. The number of carbonyl (C=O) groups excluding carboxylic acids is 1. The molecule has 1 aliphatic rings. The van der Waals surface area contributed by atoms with Crippen molar-refractivity contribution in [1.29, 1.82) is 0 Å². The molecule has 22 heavy (non-hydrogen) atoms. The van der Waals surface area contributed by atoms with Crippen molar-refractivity contribution in [2.24, 2.45) is 5.10 Å². The van der Waals surface area contributed by atoms with Gasteiger partial charge in [0.25, 0.3) is 0 Å². The number of carbonyl (C=O) groups is 1. The van der Waals surface area contributed by atoms with E-state index in [-0.39, 0.29) is 11.9 Å². The van der Waals surface area contributed by atoms with Crippen LogP contribution < -0.4 is 0 Å². The third-order valence-corrected chi connectivity index (χ3v) is 5.02. The Morgan fingerprint density at radius 2 is 2.09 bits per heavy atom. The predicted octanol–water partition coefficient (Wildman–Crippen LogP) is 4.39. The van der Waals surface area contributed by atoms with E-state index in [0.29, 0.717) is 5.76 Å². The van der Waals surface area contributed by atoms with Crippen LogP contribution >= 0.6 is 22.7 Å². The van der Waals surface area contributed by atoms with Gasteiger partial charge in [-0.25, -0.2) is 5.01 Å². The highest BCUT2D eigenvalue weighted by atomic mass is 32.1. The first-order chi connectivity index (χ1) is 10.8. The molecule has 0 saturated carbocycles. The minimum atomic E-state index is -0.202. The van der Waals surface area contributed by atoms with Crippen LogP contribution in [0.5, 0.6) is 0 Å². The fourth-order valence-corrected chi connectivity index (χ4v) is 3.91. The van der Waals surface area contributed by atoms with Crippen LogP contribution in [0.25, 0.3) is 0 Å². The summed E-state index contributed by atoms with van der Waals surface area (Å²) in [4.78, 5) is 12.7. The fraction of sp³-hybridized carbons (Fsp3) is 0.125. The lowest BCUT2D eigenvalue weighted by molar-refractivity contribution is 0.0679. The Morgan fingerprint density at radius 1 is 1.23 bits per heavy atom. The van der Waals surface area contributed by atoms with Crippen molar-refractivity contribution in [3.05, 3.63) is 68.9 Å². The molecule has 0 spiro atoms. The van der Waals surface area contributed by atoms with Gasteiger partial charge in [0, 0.05) is 12.0 Å². The Morgan fingerprint density at radius 3 is 2.77 bits per heavy atom. The van der Waals surface area contributed by atoms with Crippen LogP contribution in [0.3, 0.4) is 0 Å². The van der Waals surface area contributed by atoms with E-state index >= 15 is 0 Å². The highest BCUT2D eigenvalue weighted by Crippen LogP contribution is 2.35. The molecule has 0 saturated heterocycles.